The molecule has 4 nitrogen and oxygen atoms in total. The highest BCUT2D eigenvalue weighted by atomic mass is 32.1. The van der Waals surface area contributed by atoms with Gasteiger partial charge in [-0.1, -0.05) is 170 Å². The van der Waals surface area contributed by atoms with Gasteiger partial charge in [0.15, 0.2) is 17.5 Å². The normalized spacial score (nSPS) is 11.8. The highest BCUT2D eigenvalue weighted by Gasteiger charge is 2.20. The van der Waals surface area contributed by atoms with Gasteiger partial charge >= 0.3 is 0 Å². The summed E-state index contributed by atoms with van der Waals surface area (Å²) in [6, 6.07) is 78.2. The number of nitrogens with zero attached hydrogens (tertiary/aromatic N) is 4. The highest BCUT2D eigenvalue weighted by Crippen LogP contribution is 2.40. The minimum absolute atomic E-state index is 0.608. The molecule has 3 heterocycles. The fourth-order valence-electron chi connectivity index (χ4n) is 9.56. The monoisotopic (exact) mass is 832 g/mol. The summed E-state index contributed by atoms with van der Waals surface area (Å²) in [6.45, 7) is 0. The first-order chi connectivity index (χ1) is 31.7. The minimum Gasteiger partial charge on any atom is -0.309 e. The number of aromatic nitrogens is 4. The Morgan fingerprint density at radius 3 is 1.61 bits per heavy atom. The lowest BCUT2D eigenvalue weighted by atomic mass is 9.99. The van der Waals surface area contributed by atoms with E-state index in [4.69, 9.17) is 15.0 Å². The zero-order chi connectivity index (χ0) is 42.1. The third-order valence-corrected chi connectivity index (χ3v) is 13.8. The second-order valence-corrected chi connectivity index (χ2v) is 17.5. The number of thiophene rings is 1. The standard InChI is InChI=1S/C59H36N4S/c1-2-13-37(14-3-1)47-31-28-44(36-54(47)63-52-22-9-6-19-48(52)49-20-7-10-23-53(49)63)59-61-57(60-58(62-59)43-27-30-46-41(34-43)26-25-38-15-4-5-18-45(38)46)42-17-12-16-39(33-42)40-29-32-56-51(35-40)50-21-8-11-24-55(50)64-56/h1-36H. The Morgan fingerprint density at radius 1 is 0.297 bits per heavy atom. The van der Waals surface area contributed by atoms with Crippen LogP contribution in [0.25, 0.3) is 126 Å². The van der Waals surface area contributed by atoms with Crippen LogP contribution in [0.15, 0.2) is 218 Å². The summed E-state index contributed by atoms with van der Waals surface area (Å²) >= 11 is 1.84. The lowest BCUT2D eigenvalue weighted by molar-refractivity contribution is 1.07. The average Bonchev–Trinajstić information content (AvgIpc) is 3.91. The van der Waals surface area contributed by atoms with Crippen molar-refractivity contribution in [3.05, 3.63) is 218 Å². The Balaban J connectivity index is 1.02. The van der Waals surface area contributed by atoms with Crippen LogP contribution in [0.5, 0.6) is 0 Å². The largest absolute Gasteiger partial charge is 0.309 e. The molecule has 0 amide bonds. The molecular weight excluding hydrogens is 797 g/mol. The van der Waals surface area contributed by atoms with Gasteiger partial charge in [0.05, 0.1) is 16.7 Å². The molecule has 13 rings (SSSR count). The number of benzene rings is 10. The van der Waals surface area contributed by atoms with Gasteiger partial charge in [-0.05, 0) is 86.8 Å². The van der Waals surface area contributed by atoms with Crippen LogP contribution in [-0.4, -0.2) is 19.5 Å². The van der Waals surface area contributed by atoms with Crippen molar-refractivity contribution in [2.75, 3.05) is 0 Å². The second kappa shape index (κ2) is 14.7. The molecule has 13 aromatic rings. The van der Waals surface area contributed by atoms with Crippen molar-refractivity contribution in [3.8, 4) is 62.1 Å². The van der Waals surface area contributed by atoms with Crippen LogP contribution in [0, 0.1) is 0 Å². The number of rotatable bonds is 6. The third kappa shape index (κ3) is 6.01. The Labute approximate surface area is 373 Å². The zero-order valence-electron chi connectivity index (χ0n) is 34.5. The maximum Gasteiger partial charge on any atom is 0.164 e. The van der Waals surface area contributed by atoms with E-state index >= 15 is 0 Å². The quantitative estimate of drug-likeness (QED) is 0.157. The summed E-state index contributed by atoms with van der Waals surface area (Å²) in [5.41, 5.74) is 10.6. The summed E-state index contributed by atoms with van der Waals surface area (Å²) in [6.07, 6.45) is 0. The number of hydrogen-bond donors (Lipinski definition) is 0. The molecule has 64 heavy (non-hydrogen) atoms. The van der Waals surface area contributed by atoms with Gasteiger partial charge in [0.2, 0.25) is 0 Å². The van der Waals surface area contributed by atoms with E-state index < -0.39 is 0 Å². The molecule has 0 aliphatic carbocycles. The Hall–Kier alpha value is -8.25. The van der Waals surface area contributed by atoms with Crippen molar-refractivity contribution in [2.45, 2.75) is 0 Å². The van der Waals surface area contributed by atoms with E-state index in [1.165, 1.54) is 47.1 Å². The minimum atomic E-state index is 0.608. The van der Waals surface area contributed by atoms with E-state index in [0.717, 1.165) is 61.1 Å². The first kappa shape index (κ1) is 36.4. The fraction of sp³-hybridized carbons (Fsp3) is 0. The van der Waals surface area contributed by atoms with E-state index in [1.54, 1.807) is 0 Å². The molecule has 0 aliphatic heterocycles. The predicted molar refractivity (Wildman–Crippen MR) is 269 cm³/mol. The predicted octanol–water partition coefficient (Wildman–Crippen LogP) is 16.0. The average molecular weight is 833 g/mol. The van der Waals surface area contributed by atoms with E-state index in [1.807, 2.05) is 11.3 Å². The lowest BCUT2D eigenvalue weighted by Crippen LogP contribution is -2.02. The smallest absolute Gasteiger partial charge is 0.164 e. The van der Waals surface area contributed by atoms with Gasteiger partial charge in [-0.15, -0.1) is 11.3 Å². The number of fused-ring (bicyclic) bond motifs is 9. The molecule has 0 N–H and O–H groups in total. The van der Waals surface area contributed by atoms with Crippen molar-refractivity contribution in [3.63, 3.8) is 0 Å². The molecule has 5 heteroatoms. The van der Waals surface area contributed by atoms with Gasteiger partial charge in [-0.3, -0.25) is 0 Å². The van der Waals surface area contributed by atoms with E-state index in [-0.39, 0.29) is 0 Å². The fourth-order valence-corrected chi connectivity index (χ4v) is 10.6. The number of hydrogen-bond acceptors (Lipinski definition) is 4. The van der Waals surface area contributed by atoms with Gasteiger partial charge in [0.25, 0.3) is 0 Å². The van der Waals surface area contributed by atoms with Crippen LogP contribution < -0.4 is 0 Å². The van der Waals surface area contributed by atoms with Gasteiger partial charge < -0.3 is 4.57 Å². The molecule has 0 saturated heterocycles. The first-order valence-corrected chi connectivity index (χ1v) is 22.4. The molecule has 0 unspecified atom stereocenters. The Bertz CT molecular complexity index is 3920. The Kier molecular flexibility index (Phi) is 8.36. The van der Waals surface area contributed by atoms with Crippen LogP contribution in [0.4, 0.5) is 0 Å². The van der Waals surface area contributed by atoms with Crippen LogP contribution in [0.3, 0.4) is 0 Å². The van der Waals surface area contributed by atoms with Crippen LogP contribution in [0.1, 0.15) is 0 Å². The summed E-state index contributed by atoms with van der Waals surface area (Å²) < 4.78 is 4.98. The number of para-hydroxylation sites is 2. The van der Waals surface area contributed by atoms with Gasteiger partial charge in [-0.2, -0.15) is 0 Å². The van der Waals surface area contributed by atoms with Gasteiger partial charge in [0, 0.05) is 53.2 Å². The SMILES string of the molecule is c1ccc(-c2ccc(-c3nc(-c4cccc(-c5ccc6sc7ccccc7c6c5)c4)nc(-c4ccc5c(ccc6ccccc65)c4)n3)cc2-n2c3ccccc3c3ccccc32)cc1. The molecular formula is C59H36N4S. The summed E-state index contributed by atoms with van der Waals surface area (Å²) in [7, 11) is 0. The lowest BCUT2D eigenvalue weighted by Gasteiger charge is -2.16. The van der Waals surface area contributed by atoms with Crippen molar-refractivity contribution in [1.29, 1.82) is 0 Å². The maximum atomic E-state index is 5.34. The van der Waals surface area contributed by atoms with E-state index in [0.29, 0.717) is 17.5 Å². The van der Waals surface area contributed by atoms with Crippen molar-refractivity contribution >= 4 is 74.9 Å². The topological polar surface area (TPSA) is 43.6 Å². The summed E-state index contributed by atoms with van der Waals surface area (Å²) in [4.78, 5) is 15.9. The van der Waals surface area contributed by atoms with Crippen LogP contribution in [0.2, 0.25) is 0 Å². The molecule has 0 aliphatic rings. The molecule has 0 bridgehead atoms. The zero-order valence-corrected chi connectivity index (χ0v) is 35.3. The summed E-state index contributed by atoms with van der Waals surface area (Å²) in [5, 5.41) is 9.77. The van der Waals surface area contributed by atoms with Crippen molar-refractivity contribution < 1.29 is 0 Å². The second-order valence-electron chi connectivity index (χ2n) is 16.4. The highest BCUT2D eigenvalue weighted by molar-refractivity contribution is 7.25. The molecule has 0 spiro atoms. The van der Waals surface area contributed by atoms with Crippen molar-refractivity contribution in [2.24, 2.45) is 0 Å². The summed E-state index contributed by atoms with van der Waals surface area (Å²) in [5.74, 6) is 1.85. The Morgan fingerprint density at radius 2 is 0.828 bits per heavy atom. The maximum absolute atomic E-state index is 5.34. The first-order valence-electron chi connectivity index (χ1n) is 21.6. The molecule has 0 saturated carbocycles. The van der Waals surface area contributed by atoms with Gasteiger partial charge in [0.1, 0.15) is 0 Å². The molecule has 3 aromatic heterocycles. The molecule has 10 aromatic carbocycles. The van der Waals surface area contributed by atoms with Crippen LogP contribution in [-0.2, 0) is 0 Å². The van der Waals surface area contributed by atoms with Gasteiger partial charge in [-0.25, -0.2) is 15.0 Å². The van der Waals surface area contributed by atoms with E-state index in [2.05, 4.69) is 223 Å². The van der Waals surface area contributed by atoms with Crippen molar-refractivity contribution in [1.82, 2.24) is 19.5 Å². The van der Waals surface area contributed by atoms with Crippen LogP contribution >= 0.6 is 11.3 Å². The molecule has 0 radical (unpaired) electrons. The molecule has 0 fully saturated rings. The third-order valence-electron chi connectivity index (χ3n) is 12.6. The molecule has 0 atom stereocenters. The van der Waals surface area contributed by atoms with E-state index in [9.17, 15) is 0 Å². The molecule has 298 valence electrons.